The number of amides is 1. The molecule has 2 heterocycles. The minimum atomic E-state index is -0.167. The van der Waals surface area contributed by atoms with Crippen LogP contribution in [-0.2, 0) is 4.79 Å². The van der Waals surface area contributed by atoms with Crippen LogP contribution in [-0.4, -0.2) is 21.9 Å². The van der Waals surface area contributed by atoms with Crippen LogP contribution in [0.4, 0.5) is 0 Å². The summed E-state index contributed by atoms with van der Waals surface area (Å²) in [5.41, 5.74) is 2.48. The molecule has 0 aliphatic rings. The maximum absolute atomic E-state index is 11.9. The maximum atomic E-state index is 11.9. The molecule has 1 N–H and O–H groups in total. The van der Waals surface area contributed by atoms with E-state index in [1.165, 1.54) is 23.1 Å². The Balaban J connectivity index is 1.60. The second kappa shape index (κ2) is 6.28. The van der Waals surface area contributed by atoms with Gasteiger partial charge in [-0.3, -0.25) is 4.79 Å². The zero-order valence-electron chi connectivity index (χ0n) is 11.3. The summed E-state index contributed by atoms with van der Waals surface area (Å²) in [6.07, 6.45) is 0. The van der Waals surface area contributed by atoms with Gasteiger partial charge in [-0.25, -0.2) is 0 Å². The predicted molar refractivity (Wildman–Crippen MR) is 83.4 cm³/mol. The van der Waals surface area contributed by atoms with Gasteiger partial charge in [0.05, 0.1) is 11.8 Å². The van der Waals surface area contributed by atoms with Crippen LogP contribution in [0.25, 0.3) is 11.0 Å². The van der Waals surface area contributed by atoms with E-state index in [1.807, 2.05) is 37.3 Å². The molecular formula is C14H13N3O2S2. The largest absolute Gasteiger partial charge is 0.459 e. The minimum absolute atomic E-state index is 0.0526. The highest BCUT2D eigenvalue weighted by atomic mass is 32.2. The Kier molecular flexibility index (Phi) is 4.21. The molecule has 0 aliphatic carbocycles. The first-order valence-corrected chi connectivity index (χ1v) is 8.26. The number of para-hydroxylation sites is 1. The van der Waals surface area contributed by atoms with Crippen molar-refractivity contribution in [3.05, 3.63) is 41.6 Å². The fourth-order valence-electron chi connectivity index (χ4n) is 1.92. The standard InChI is InChI=1S/C14H13N3O2S2/c1-9(12-6-10-4-2-3-5-11(10)19-12)16-13(18)7-20-14-17-15-8-21-14/h2-6,8-9H,7H2,1H3,(H,16,18)/t9-/m0/s1. The van der Waals surface area contributed by atoms with Crippen LogP contribution in [0.3, 0.4) is 0 Å². The van der Waals surface area contributed by atoms with Crippen molar-refractivity contribution >= 4 is 40.0 Å². The number of nitrogens with zero attached hydrogens (tertiary/aromatic N) is 2. The van der Waals surface area contributed by atoms with Gasteiger partial charge in [-0.15, -0.1) is 10.2 Å². The molecule has 108 valence electrons. The fraction of sp³-hybridized carbons (Fsp3) is 0.214. The Morgan fingerprint density at radius 2 is 2.33 bits per heavy atom. The molecule has 5 nitrogen and oxygen atoms in total. The molecule has 0 fully saturated rings. The zero-order chi connectivity index (χ0) is 14.7. The van der Waals surface area contributed by atoms with Gasteiger partial charge in [0.25, 0.3) is 0 Å². The molecule has 0 radical (unpaired) electrons. The van der Waals surface area contributed by atoms with Crippen molar-refractivity contribution in [2.24, 2.45) is 0 Å². The van der Waals surface area contributed by atoms with Crippen molar-refractivity contribution in [3.63, 3.8) is 0 Å². The number of benzene rings is 1. The number of aromatic nitrogens is 2. The first kappa shape index (κ1) is 14.1. The van der Waals surface area contributed by atoms with Crippen molar-refractivity contribution in [2.45, 2.75) is 17.3 Å². The lowest BCUT2D eigenvalue weighted by atomic mass is 10.2. The number of carbonyl (C=O) groups excluding carboxylic acids is 1. The summed E-state index contributed by atoms with van der Waals surface area (Å²) in [7, 11) is 0. The Hall–Kier alpha value is -1.86. The molecule has 0 saturated carbocycles. The van der Waals surface area contributed by atoms with Crippen molar-refractivity contribution < 1.29 is 9.21 Å². The van der Waals surface area contributed by atoms with Gasteiger partial charge in [-0.1, -0.05) is 41.3 Å². The lowest BCUT2D eigenvalue weighted by molar-refractivity contribution is -0.119. The predicted octanol–water partition coefficient (Wildman–Crippen LogP) is 3.25. The first-order chi connectivity index (χ1) is 10.2. The molecule has 1 amide bonds. The average molecular weight is 319 g/mol. The van der Waals surface area contributed by atoms with Gasteiger partial charge < -0.3 is 9.73 Å². The summed E-state index contributed by atoms with van der Waals surface area (Å²) in [6, 6.07) is 9.58. The van der Waals surface area contributed by atoms with E-state index in [2.05, 4.69) is 15.5 Å². The molecule has 0 bridgehead atoms. The van der Waals surface area contributed by atoms with E-state index in [0.717, 1.165) is 21.1 Å². The Labute approximate surface area is 129 Å². The smallest absolute Gasteiger partial charge is 0.231 e. The van der Waals surface area contributed by atoms with E-state index >= 15 is 0 Å². The molecule has 7 heteroatoms. The third kappa shape index (κ3) is 3.43. The highest BCUT2D eigenvalue weighted by Gasteiger charge is 2.14. The summed E-state index contributed by atoms with van der Waals surface area (Å²) >= 11 is 2.81. The molecule has 0 spiro atoms. The molecule has 1 atom stereocenters. The minimum Gasteiger partial charge on any atom is -0.459 e. The highest BCUT2D eigenvalue weighted by molar-refractivity contribution is 8.01. The Morgan fingerprint density at radius 1 is 1.48 bits per heavy atom. The van der Waals surface area contributed by atoms with E-state index < -0.39 is 0 Å². The molecule has 0 unspecified atom stereocenters. The fourth-order valence-corrected chi connectivity index (χ4v) is 3.22. The average Bonchev–Trinajstić information content (AvgIpc) is 3.14. The third-order valence-electron chi connectivity index (χ3n) is 2.92. The van der Waals surface area contributed by atoms with Gasteiger partial charge in [-0.2, -0.15) is 0 Å². The number of thioether (sulfide) groups is 1. The number of rotatable bonds is 5. The molecule has 0 saturated heterocycles. The van der Waals surface area contributed by atoms with E-state index in [-0.39, 0.29) is 11.9 Å². The third-order valence-corrected chi connectivity index (χ3v) is 4.78. The summed E-state index contributed by atoms with van der Waals surface area (Å²) < 4.78 is 6.53. The number of hydrogen-bond acceptors (Lipinski definition) is 6. The first-order valence-electron chi connectivity index (χ1n) is 6.39. The molecule has 3 rings (SSSR count). The number of nitrogens with one attached hydrogen (secondary N) is 1. The van der Waals surface area contributed by atoms with Crippen LogP contribution >= 0.6 is 23.1 Å². The van der Waals surface area contributed by atoms with Crippen molar-refractivity contribution in [1.29, 1.82) is 0 Å². The second-order valence-corrected chi connectivity index (χ2v) is 6.52. The Morgan fingerprint density at radius 3 is 3.10 bits per heavy atom. The van der Waals surface area contributed by atoms with Gasteiger partial charge in [0, 0.05) is 5.39 Å². The van der Waals surface area contributed by atoms with Gasteiger partial charge in [0.2, 0.25) is 5.91 Å². The summed E-state index contributed by atoms with van der Waals surface area (Å²) in [5, 5.41) is 11.6. The second-order valence-electron chi connectivity index (χ2n) is 4.47. The summed E-state index contributed by atoms with van der Waals surface area (Å²) in [4.78, 5) is 11.9. The SMILES string of the molecule is C[C@H](NC(=O)CSc1nncs1)c1cc2ccccc2o1. The molecule has 1 aromatic carbocycles. The van der Waals surface area contributed by atoms with Crippen molar-refractivity contribution in [1.82, 2.24) is 15.5 Å². The molecule has 2 aromatic heterocycles. The quantitative estimate of drug-likeness (QED) is 0.731. The number of fused-ring (bicyclic) bond motifs is 1. The molecule has 0 aliphatic heterocycles. The highest BCUT2D eigenvalue weighted by Crippen LogP contribution is 2.24. The zero-order valence-corrected chi connectivity index (χ0v) is 12.9. The lowest BCUT2D eigenvalue weighted by Gasteiger charge is -2.10. The van der Waals surface area contributed by atoms with Crippen molar-refractivity contribution in [3.8, 4) is 0 Å². The number of carbonyl (C=O) groups is 1. The van der Waals surface area contributed by atoms with Crippen LogP contribution < -0.4 is 5.32 Å². The molecule has 3 aromatic rings. The lowest BCUT2D eigenvalue weighted by Crippen LogP contribution is -2.27. The monoisotopic (exact) mass is 319 g/mol. The molecule has 21 heavy (non-hydrogen) atoms. The van der Waals surface area contributed by atoms with E-state index in [4.69, 9.17) is 4.42 Å². The van der Waals surface area contributed by atoms with Crippen LogP contribution in [0, 0.1) is 0 Å². The molecular weight excluding hydrogens is 306 g/mol. The summed E-state index contributed by atoms with van der Waals surface area (Å²) in [5.74, 6) is 1.02. The normalized spacial score (nSPS) is 12.4. The van der Waals surface area contributed by atoms with Crippen LogP contribution in [0.5, 0.6) is 0 Å². The van der Waals surface area contributed by atoms with Crippen molar-refractivity contribution in [2.75, 3.05) is 5.75 Å². The van der Waals surface area contributed by atoms with Crippen LogP contribution in [0.1, 0.15) is 18.7 Å². The maximum Gasteiger partial charge on any atom is 0.231 e. The number of hydrogen-bond donors (Lipinski definition) is 1. The van der Waals surface area contributed by atoms with Gasteiger partial charge in [0.15, 0.2) is 4.34 Å². The van der Waals surface area contributed by atoms with Crippen LogP contribution in [0.2, 0.25) is 0 Å². The van der Waals surface area contributed by atoms with Gasteiger partial charge in [-0.05, 0) is 19.1 Å². The van der Waals surface area contributed by atoms with Crippen LogP contribution in [0.15, 0.2) is 44.6 Å². The number of furan rings is 1. The van der Waals surface area contributed by atoms with Gasteiger partial charge >= 0.3 is 0 Å². The summed E-state index contributed by atoms with van der Waals surface area (Å²) in [6.45, 7) is 1.91. The van der Waals surface area contributed by atoms with E-state index in [0.29, 0.717) is 5.75 Å². The Bertz CT molecular complexity index is 707. The van der Waals surface area contributed by atoms with Gasteiger partial charge in [0.1, 0.15) is 16.9 Å². The van der Waals surface area contributed by atoms with E-state index in [9.17, 15) is 4.79 Å². The topological polar surface area (TPSA) is 68.0 Å². The van der Waals surface area contributed by atoms with E-state index in [1.54, 1.807) is 5.51 Å².